The van der Waals surface area contributed by atoms with Crippen LogP contribution < -0.4 is 0 Å². The minimum absolute atomic E-state index is 0.650. The summed E-state index contributed by atoms with van der Waals surface area (Å²) in [6.07, 6.45) is 5.44. The Morgan fingerprint density at radius 1 is 1.38 bits per heavy atom. The van der Waals surface area contributed by atoms with E-state index < -0.39 is 0 Å². The second kappa shape index (κ2) is 5.23. The van der Waals surface area contributed by atoms with Crippen molar-refractivity contribution in [3.8, 4) is 0 Å². The van der Waals surface area contributed by atoms with Crippen molar-refractivity contribution in [2.75, 3.05) is 13.1 Å². The molecule has 1 aliphatic rings. The number of allylic oxidation sites excluding steroid dienone is 1. The highest BCUT2D eigenvalue weighted by Crippen LogP contribution is 2.16. The van der Waals surface area contributed by atoms with Crippen LogP contribution in [0.25, 0.3) is 0 Å². The third-order valence-corrected chi connectivity index (χ3v) is 2.28. The van der Waals surface area contributed by atoms with Gasteiger partial charge in [0.1, 0.15) is 0 Å². The molecule has 0 saturated carbocycles. The van der Waals surface area contributed by atoms with E-state index in [2.05, 4.69) is 24.7 Å². The number of piperidine rings is 1. The van der Waals surface area contributed by atoms with Gasteiger partial charge in [-0.05, 0) is 31.8 Å². The fraction of sp³-hybridized carbons (Fsp3) is 0.700. The minimum atomic E-state index is 0.650. The van der Waals surface area contributed by atoms with E-state index in [0.29, 0.717) is 5.92 Å². The van der Waals surface area contributed by atoms with Gasteiger partial charge in [-0.2, -0.15) is 0 Å². The van der Waals surface area contributed by atoms with Crippen LogP contribution in [0.4, 0.5) is 0 Å². The molecule has 0 amide bonds. The summed E-state index contributed by atoms with van der Waals surface area (Å²) in [5.41, 5.74) is 1.55. The zero-order valence-electron chi connectivity index (χ0n) is 8.49. The summed E-state index contributed by atoms with van der Waals surface area (Å²) in [5.74, 6) is 0.650. The average molecular weight is 178 g/mol. The average Bonchev–Trinajstić information content (AvgIpc) is 2.08. The zero-order chi connectivity index (χ0) is 9.68. The fourth-order valence-corrected chi connectivity index (χ4v) is 1.68. The Kier molecular flexibility index (Phi) is 4.23. The first-order chi connectivity index (χ1) is 6.22. The Morgan fingerprint density at radius 3 is 2.46 bits per heavy atom. The predicted octanol–water partition coefficient (Wildman–Crippen LogP) is 1.47. The first kappa shape index (κ1) is 10.5. The standard InChI is InChI=1S/C10H17BNO/c1-9(2)7-10-3-5-12(6-4-10)11-8-13/h7-9H,3-6H2,1-2H3. The smallest absolute Gasteiger partial charge is 0.293 e. The molecule has 0 bridgehead atoms. The van der Waals surface area contributed by atoms with E-state index in [-0.39, 0.29) is 0 Å². The lowest BCUT2D eigenvalue weighted by Gasteiger charge is -2.26. The molecule has 0 N–H and O–H groups in total. The molecule has 1 fully saturated rings. The molecule has 1 heterocycles. The first-order valence-corrected chi connectivity index (χ1v) is 4.94. The molecule has 13 heavy (non-hydrogen) atoms. The molecule has 0 unspecified atom stereocenters. The van der Waals surface area contributed by atoms with Gasteiger partial charge in [-0.3, -0.25) is 0 Å². The number of rotatable bonds is 3. The van der Waals surface area contributed by atoms with Crippen LogP contribution >= 0.6 is 0 Å². The van der Waals surface area contributed by atoms with Crippen LogP contribution in [-0.2, 0) is 4.79 Å². The van der Waals surface area contributed by atoms with Crippen molar-refractivity contribution >= 4 is 13.6 Å². The maximum atomic E-state index is 10.2. The molecule has 0 aromatic carbocycles. The highest BCUT2D eigenvalue weighted by Gasteiger charge is 2.13. The predicted molar refractivity (Wildman–Crippen MR) is 56.2 cm³/mol. The topological polar surface area (TPSA) is 20.3 Å². The normalized spacial score (nSPS) is 18.8. The van der Waals surface area contributed by atoms with Gasteiger partial charge in [-0.1, -0.05) is 25.5 Å². The molecule has 0 atom stereocenters. The molecule has 2 nitrogen and oxygen atoms in total. The van der Waals surface area contributed by atoms with Crippen molar-refractivity contribution in [2.45, 2.75) is 26.7 Å². The number of hydrogen-bond acceptors (Lipinski definition) is 2. The van der Waals surface area contributed by atoms with Crippen molar-refractivity contribution in [3.05, 3.63) is 11.6 Å². The lowest BCUT2D eigenvalue weighted by molar-refractivity contribution is 0.411. The quantitative estimate of drug-likeness (QED) is 0.370. The summed E-state index contributed by atoms with van der Waals surface area (Å²) >= 11 is 0. The van der Waals surface area contributed by atoms with Gasteiger partial charge in [0.15, 0.2) is 0 Å². The summed E-state index contributed by atoms with van der Waals surface area (Å²) in [5, 5.41) is 0. The molecule has 3 heteroatoms. The lowest BCUT2D eigenvalue weighted by Crippen LogP contribution is -2.34. The number of carbonyl (C=O) groups is 1. The molecule has 0 aromatic rings. The number of nitrogens with zero attached hydrogens (tertiary/aromatic N) is 1. The monoisotopic (exact) mass is 178 g/mol. The fourth-order valence-electron chi connectivity index (χ4n) is 1.68. The Hall–Kier alpha value is -0.565. The Labute approximate surface area is 81.3 Å². The maximum absolute atomic E-state index is 10.2. The van der Waals surface area contributed by atoms with Crippen LogP contribution in [0.5, 0.6) is 0 Å². The lowest BCUT2D eigenvalue weighted by atomic mass is 9.89. The third-order valence-electron chi connectivity index (χ3n) is 2.28. The summed E-state index contributed by atoms with van der Waals surface area (Å²) < 4.78 is 0. The Balaban J connectivity index is 2.34. The molecule has 1 radical (unpaired) electrons. The highest BCUT2D eigenvalue weighted by molar-refractivity contribution is 6.64. The third kappa shape index (κ3) is 3.77. The molecule has 1 saturated heterocycles. The van der Waals surface area contributed by atoms with Crippen molar-refractivity contribution in [1.29, 1.82) is 0 Å². The van der Waals surface area contributed by atoms with Crippen LogP contribution in [0.15, 0.2) is 11.6 Å². The second-order valence-electron chi connectivity index (χ2n) is 3.89. The van der Waals surface area contributed by atoms with E-state index >= 15 is 0 Å². The van der Waals surface area contributed by atoms with Gasteiger partial charge >= 0.3 is 0 Å². The van der Waals surface area contributed by atoms with E-state index in [1.807, 2.05) is 0 Å². The minimum Gasteiger partial charge on any atom is -0.339 e. The summed E-state index contributed by atoms with van der Waals surface area (Å²) in [4.78, 5) is 12.3. The van der Waals surface area contributed by atoms with E-state index in [1.165, 1.54) is 0 Å². The summed E-state index contributed by atoms with van der Waals surface area (Å²) in [7, 11) is 1.64. The van der Waals surface area contributed by atoms with Gasteiger partial charge in [0.05, 0.1) is 6.19 Å². The van der Waals surface area contributed by atoms with Gasteiger partial charge in [0.25, 0.3) is 7.41 Å². The molecule has 0 aliphatic carbocycles. The Bertz CT molecular complexity index is 191. The molecule has 1 aliphatic heterocycles. The van der Waals surface area contributed by atoms with Gasteiger partial charge in [-0.15, -0.1) is 0 Å². The van der Waals surface area contributed by atoms with Gasteiger partial charge in [0, 0.05) is 0 Å². The molecular formula is C10H17BNO. The van der Waals surface area contributed by atoms with Crippen molar-refractivity contribution in [3.63, 3.8) is 0 Å². The summed E-state index contributed by atoms with van der Waals surface area (Å²) in [6.45, 7) is 6.41. The van der Waals surface area contributed by atoms with Gasteiger partial charge in [0.2, 0.25) is 0 Å². The zero-order valence-corrected chi connectivity index (χ0v) is 8.49. The SMILES string of the molecule is CC(C)C=C1CCN([B]C=O)CC1. The van der Waals surface area contributed by atoms with E-state index in [1.54, 1.807) is 13.0 Å². The van der Waals surface area contributed by atoms with Gasteiger partial charge in [-0.25, -0.2) is 0 Å². The molecule has 0 spiro atoms. The van der Waals surface area contributed by atoms with E-state index in [9.17, 15) is 4.79 Å². The van der Waals surface area contributed by atoms with Crippen molar-refractivity contribution in [2.24, 2.45) is 5.92 Å². The van der Waals surface area contributed by atoms with E-state index in [4.69, 9.17) is 0 Å². The number of carbonyl (C=O) groups excluding carboxylic acids is 1. The van der Waals surface area contributed by atoms with Crippen LogP contribution in [0.2, 0.25) is 0 Å². The molecule has 0 aromatic heterocycles. The van der Waals surface area contributed by atoms with Crippen molar-refractivity contribution in [1.82, 2.24) is 4.81 Å². The number of hydrogen-bond donors (Lipinski definition) is 0. The summed E-state index contributed by atoms with van der Waals surface area (Å²) in [6, 6.07) is 0. The molecular weight excluding hydrogens is 161 g/mol. The largest absolute Gasteiger partial charge is 0.339 e. The molecule has 71 valence electrons. The van der Waals surface area contributed by atoms with Crippen LogP contribution in [0.3, 0.4) is 0 Å². The van der Waals surface area contributed by atoms with Crippen LogP contribution in [-0.4, -0.2) is 31.5 Å². The maximum Gasteiger partial charge on any atom is 0.293 e. The second-order valence-corrected chi connectivity index (χ2v) is 3.89. The first-order valence-electron chi connectivity index (χ1n) is 4.94. The van der Waals surface area contributed by atoms with Crippen LogP contribution in [0, 0.1) is 5.92 Å². The van der Waals surface area contributed by atoms with Crippen LogP contribution in [0.1, 0.15) is 26.7 Å². The van der Waals surface area contributed by atoms with Gasteiger partial charge < -0.3 is 9.61 Å². The molecule has 1 rings (SSSR count). The van der Waals surface area contributed by atoms with E-state index in [0.717, 1.165) is 32.1 Å². The Morgan fingerprint density at radius 2 is 2.00 bits per heavy atom. The highest BCUT2D eigenvalue weighted by atomic mass is 16.1. The van der Waals surface area contributed by atoms with Crippen molar-refractivity contribution < 1.29 is 4.79 Å².